The number of hydrogen-bond donors (Lipinski definition) is 4. The minimum atomic E-state index is -1.93. The minimum Gasteiger partial charge on any atom is -0.497 e. The van der Waals surface area contributed by atoms with E-state index in [0.29, 0.717) is 55.2 Å². The molecular formula is C42H52N4O8. The maximum Gasteiger partial charge on any atom is 0.264 e. The Morgan fingerprint density at radius 2 is 1.85 bits per heavy atom. The number of carbonyl (C=O) groups excluding carboxylic acids is 3. The second-order valence-corrected chi connectivity index (χ2v) is 14.2. The fourth-order valence-electron chi connectivity index (χ4n) is 7.89. The van der Waals surface area contributed by atoms with E-state index >= 15 is 0 Å². The number of aliphatic hydroxyl groups excluding tert-OH is 2. The van der Waals surface area contributed by atoms with E-state index in [4.69, 9.17) is 9.47 Å². The quantitative estimate of drug-likeness (QED) is 0.124. The monoisotopic (exact) mass is 740 g/mol. The highest BCUT2D eigenvalue weighted by atomic mass is 16.5. The Morgan fingerprint density at radius 3 is 2.61 bits per heavy atom. The Balaban J connectivity index is 1.27. The number of benzene rings is 3. The molecule has 3 heterocycles. The molecule has 0 saturated carbocycles. The number of unbranched alkanes of at least 4 members (excludes halogenated alkanes) is 1. The van der Waals surface area contributed by atoms with Crippen LogP contribution >= 0.6 is 0 Å². The number of hydrogen-bond acceptors (Lipinski definition) is 9. The first kappa shape index (κ1) is 39.0. The van der Waals surface area contributed by atoms with Crippen molar-refractivity contribution in [1.29, 1.82) is 0 Å². The third kappa shape index (κ3) is 7.74. The number of aliphatic hydroxyl groups is 3. The smallest absolute Gasteiger partial charge is 0.264 e. The number of nitrogens with one attached hydrogen (secondary N) is 1. The number of likely N-dealkylation sites (tertiary alicyclic amines) is 1. The Kier molecular flexibility index (Phi) is 12.4. The molecule has 0 aromatic heterocycles. The average molecular weight is 741 g/mol. The summed E-state index contributed by atoms with van der Waals surface area (Å²) in [4.78, 5) is 46.4. The van der Waals surface area contributed by atoms with E-state index in [9.17, 15) is 29.7 Å². The number of carbonyl (C=O) groups is 3. The van der Waals surface area contributed by atoms with E-state index in [1.54, 1.807) is 52.0 Å². The molecular weight excluding hydrogens is 688 g/mol. The van der Waals surface area contributed by atoms with Gasteiger partial charge < -0.3 is 39.9 Å². The fourth-order valence-corrected chi connectivity index (χ4v) is 7.89. The third-order valence-corrected chi connectivity index (χ3v) is 10.8. The number of methoxy groups -OCH3 is 1. The molecule has 0 aliphatic carbocycles. The molecule has 1 fully saturated rings. The van der Waals surface area contributed by atoms with E-state index in [0.717, 1.165) is 41.8 Å². The summed E-state index contributed by atoms with van der Waals surface area (Å²) in [6, 6.07) is 17.8. The molecule has 4 atom stereocenters. The van der Waals surface area contributed by atoms with Gasteiger partial charge in [-0.25, -0.2) is 0 Å². The van der Waals surface area contributed by atoms with Crippen molar-refractivity contribution in [2.75, 3.05) is 49.8 Å². The fraction of sp³-hybridized carbons (Fsp3) is 0.452. The molecule has 3 aromatic carbocycles. The maximum atomic E-state index is 14.4. The number of ether oxygens (including phenoxy) is 2. The van der Waals surface area contributed by atoms with Crippen LogP contribution in [0.1, 0.15) is 62.6 Å². The van der Waals surface area contributed by atoms with Gasteiger partial charge in [-0.1, -0.05) is 31.2 Å². The zero-order valence-corrected chi connectivity index (χ0v) is 31.4. The summed E-state index contributed by atoms with van der Waals surface area (Å²) in [7, 11) is 1.53. The van der Waals surface area contributed by atoms with Gasteiger partial charge in [0.25, 0.3) is 5.91 Å². The molecule has 0 bridgehead atoms. The third-order valence-electron chi connectivity index (χ3n) is 10.8. The van der Waals surface area contributed by atoms with Gasteiger partial charge in [0, 0.05) is 36.7 Å². The minimum absolute atomic E-state index is 0.0712. The topological polar surface area (TPSA) is 152 Å². The van der Waals surface area contributed by atoms with E-state index in [1.165, 1.54) is 7.11 Å². The van der Waals surface area contributed by atoms with Gasteiger partial charge in [0.1, 0.15) is 11.5 Å². The Morgan fingerprint density at radius 1 is 1.06 bits per heavy atom. The number of anilines is 3. The molecule has 1 saturated heterocycles. The van der Waals surface area contributed by atoms with Gasteiger partial charge in [-0.15, -0.1) is 0 Å². The first-order valence-electron chi connectivity index (χ1n) is 19.0. The normalized spacial score (nSPS) is 21.5. The van der Waals surface area contributed by atoms with Crippen molar-refractivity contribution < 1.29 is 39.2 Å². The number of amides is 3. The molecule has 12 nitrogen and oxygen atoms in total. The van der Waals surface area contributed by atoms with Crippen LogP contribution in [-0.4, -0.2) is 90.0 Å². The molecule has 3 aliphatic rings. The van der Waals surface area contributed by atoms with E-state index in [1.807, 2.05) is 49.4 Å². The molecule has 3 amide bonds. The molecule has 3 aromatic rings. The van der Waals surface area contributed by atoms with Gasteiger partial charge in [-0.2, -0.15) is 0 Å². The lowest BCUT2D eigenvalue weighted by Gasteiger charge is -2.35. The van der Waals surface area contributed by atoms with Crippen LogP contribution in [-0.2, 0) is 33.0 Å². The van der Waals surface area contributed by atoms with E-state index < -0.39 is 23.5 Å². The van der Waals surface area contributed by atoms with Crippen molar-refractivity contribution in [1.82, 2.24) is 10.2 Å². The summed E-state index contributed by atoms with van der Waals surface area (Å²) in [5.74, 6) is -0.184. The zero-order valence-electron chi connectivity index (χ0n) is 31.4. The molecule has 0 spiro atoms. The van der Waals surface area contributed by atoms with Gasteiger partial charge in [0.2, 0.25) is 11.8 Å². The largest absolute Gasteiger partial charge is 0.497 e. The van der Waals surface area contributed by atoms with Crippen LogP contribution in [0.4, 0.5) is 17.1 Å². The molecule has 0 radical (unpaired) electrons. The van der Waals surface area contributed by atoms with Crippen molar-refractivity contribution >= 4 is 34.8 Å². The van der Waals surface area contributed by atoms with Crippen LogP contribution in [0, 0.1) is 5.92 Å². The molecule has 54 heavy (non-hydrogen) atoms. The van der Waals surface area contributed by atoms with Crippen molar-refractivity contribution in [2.45, 2.75) is 76.6 Å². The zero-order chi connectivity index (χ0) is 38.4. The number of rotatable bonds is 16. The first-order valence-corrected chi connectivity index (χ1v) is 19.0. The van der Waals surface area contributed by atoms with E-state index in [-0.39, 0.29) is 44.0 Å². The molecule has 3 aliphatic heterocycles. The summed E-state index contributed by atoms with van der Waals surface area (Å²) in [5.41, 5.74) is 2.14. The maximum absolute atomic E-state index is 14.4. The lowest BCUT2D eigenvalue weighted by atomic mass is 9.83. The van der Waals surface area contributed by atoms with Crippen LogP contribution in [0.5, 0.6) is 11.5 Å². The van der Waals surface area contributed by atoms with E-state index in [2.05, 4.69) is 5.32 Å². The van der Waals surface area contributed by atoms with Crippen LogP contribution in [0.15, 0.2) is 72.8 Å². The Bertz CT molecular complexity index is 1870. The van der Waals surface area contributed by atoms with Crippen LogP contribution in [0.3, 0.4) is 0 Å². The van der Waals surface area contributed by atoms with Gasteiger partial charge in [0.15, 0.2) is 5.60 Å². The highest BCUT2D eigenvalue weighted by molar-refractivity contribution is 6.08. The average Bonchev–Trinajstić information content (AvgIpc) is 3.75. The molecule has 288 valence electrons. The summed E-state index contributed by atoms with van der Waals surface area (Å²) in [6.45, 7) is 5.54. The highest BCUT2D eigenvalue weighted by Gasteiger charge is 2.52. The summed E-state index contributed by atoms with van der Waals surface area (Å²) in [6.07, 6.45) is 6.99. The predicted octanol–water partition coefficient (Wildman–Crippen LogP) is 4.35. The molecule has 1 unspecified atom stereocenters. The van der Waals surface area contributed by atoms with Crippen molar-refractivity contribution in [2.24, 2.45) is 5.92 Å². The van der Waals surface area contributed by atoms with Crippen molar-refractivity contribution in [3.8, 4) is 11.5 Å². The first-order chi connectivity index (χ1) is 26.1. The van der Waals surface area contributed by atoms with Gasteiger partial charge >= 0.3 is 0 Å². The van der Waals surface area contributed by atoms with Gasteiger partial charge in [-0.3, -0.25) is 19.3 Å². The van der Waals surface area contributed by atoms with Crippen molar-refractivity contribution in [3.05, 3.63) is 89.5 Å². The SMILES string of the molecule is CCOc1ccc2c(c1)CC(NCCCCO)C(=O)N2c1cccc(CN2C(=O)[C@](O)([C@H](C)/C=C/CC(=O)N3CCC[C@H]3CO)c3cc(OC)ccc32)c1. The van der Waals surface area contributed by atoms with Crippen molar-refractivity contribution in [3.63, 3.8) is 0 Å². The van der Waals surface area contributed by atoms with Gasteiger partial charge in [-0.05, 0) is 105 Å². The highest BCUT2D eigenvalue weighted by Crippen LogP contribution is 2.47. The van der Waals surface area contributed by atoms with Crippen LogP contribution in [0.2, 0.25) is 0 Å². The Hall–Kier alpha value is -4.75. The summed E-state index contributed by atoms with van der Waals surface area (Å²) in [5, 5.41) is 34.6. The predicted molar refractivity (Wildman–Crippen MR) is 206 cm³/mol. The lowest BCUT2D eigenvalue weighted by Crippen LogP contribution is -2.49. The molecule has 12 heteroatoms. The number of nitrogens with zero attached hydrogens (tertiary/aromatic N) is 3. The van der Waals surface area contributed by atoms with Crippen LogP contribution in [0.25, 0.3) is 0 Å². The van der Waals surface area contributed by atoms with Crippen LogP contribution < -0.4 is 24.6 Å². The molecule has 4 N–H and O–H groups in total. The molecule has 6 rings (SSSR count). The lowest BCUT2D eigenvalue weighted by molar-refractivity contribution is -0.139. The summed E-state index contributed by atoms with van der Waals surface area (Å²) >= 11 is 0. The number of fused-ring (bicyclic) bond motifs is 2. The summed E-state index contributed by atoms with van der Waals surface area (Å²) < 4.78 is 11.3. The van der Waals surface area contributed by atoms with Gasteiger partial charge in [0.05, 0.1) is 50.3 Å². The second-order valence-electron chi connectivity index (χ2n) is 14.2. The Labute approximate surface area is 317 Å². The standard InChI is InChI=1S/C42H52N4O8/c1-4-54-34-16-17-37-30(23-34)24-36(43-19-5-6-21-47)40(50)46(37)31-12-8-11-29(22-31)26-45-38-18-15-33(53-3)25-35(38)42(52,41(45)51)28(2)10-7-14-39(49)44-20-9-13-32(44)27-48/h7-8,10-12,15-18,22-23,25,28,32,36,43,47-48,52H,4-6,9,13-14,19-21,24,26-27H2,1-3H3/b10-7+/t28-,32+,36?,42+/m1/s1. The second kappa shape index (κ2) is 17.2.